The summed E-state index contributed by atoms with van der Waals surface area (Å²) in [5.41, 5.74) is 2.05. The molecular weight excluding hydrogens is 562 g/mol. The third-order valence-corrected chi connectivity index (χ3v) is 6.60. The molecule has 13 nitrogen and oxygen atoms in total. The summed E-state index contributed by atoms with van der Waals surface area (Å²) in [5, 5.41) is 22.0. The monoisotopic (exact) mass is 591 g/mol. The van der Waals surface area contributed by atoms with Gasteiger partial charge in [-0.3, -0.25) is 14.4 Å². The molecule has 0 aliphatic heterocycles. The van der Waals surface area contributed by atoms with E-state index in [-0.39, 0.29) is 25.2 Å². The van der Waals surface area contributed by atoms with Crippen molar-refractivity contribution in [3.63, 3.8) is 0 Å². The fourth-order valence-corrected chi connectivity index (χ4v) is 4.36. The second-order valence-corrected chi connectivity index (χ2v) is 9.97. The Morgan fingerprint density at radius 1 is 0.929 bits per heavy atom. The lowest BCUT2D eigenvalue weighted by Crippen LogP contribution is -2.52. The largest absolute Gasteiger partial charge is 0.508 e. The van der Waals surface area contributed by atoms with Crippen LogP contribution in [0.1, 0.15) is 16.8 Å². The lowest BCUT2D eigenvalue weighted by atomic mass is 10.0. The Labute approximate surface area is 244 Å². The first-order chi connectivity index (χ1) is 20.4. The number of phenolic OH excluding ortho intramolecular Hbond substituents is 1. The van der Waals surface area contributed by atoms with Gasteiger partial charge in [-0.1, -0.05) is 42.5 Å². The van der Waals surface area contributed by atoms with Crippen molar-refractivity contribution >= 4 is 40.3 Å². The SMILES string of the molecule is O=C(CNC(=O)[C@H](Cc1cnc[nH]1)NC(=O)OCc1ccccc1)N[C@@H](Cc1ccc(O)cc1)C(=O)Nc1nccs1. The molecule has 0 saturated carbocycles. The summed E-state index contributed by atoms with van der Waals surface area (Å²) in [5.74, 6) is -1.71. The minimum absolute atomic E-state index is 0.0128. The first kappa shape index (κ1) is 29.7. The van der Waals surface area contributed by atoms with E-state index >= 15 is 0 Å². The van der Waals surface area contributed by atoms with Gasteiger partial charge in [0, 0.05) is 36.3 Å². The maximum atomic E-state index is 13.0. The van der Waals surface area contributed by atoms with Crippen molar-refractivity contribution in [3.8, 4) is 5.75 Å². The van der Waals surface area contributed by atoms with Crippen LogP contribution in [0.4, 0.5) is 9.93 Å². The summed E-state index contributed by atoms with van der Waals surface area (Å²) >= 11 is 1.22. The molecule has 4 amide bonds. The van der Waals surface area contributed by atoms with E-state index < -0.39 is 42.4 Å². The van der Waals surface area contributed by atoms with Crippen LogP contribution in [0.3, 0.4) is 0 Å². The number of carbonyl (C=O) groups is 4. The average Bonchev–Trinajstić information content (AvgIpc) is 3.70. The number of aromatic nitrogens is 3. The Morgan fingerprint density at radius 3 is 2.38 bits per heavy atom. The Morgan fingerprint density at radius 2 is 1.69 bits per heavy atom. The van der Waals surface area contributed by atoms with Gasteiger partial charge in [0.15, 0.2) is 5.13 Å². The van der Waals surface area contributed by atoms with Crippen LogP contribution in [-0.2, 0) is 38.6 Å². The van der Waals surface area contributed by atoms with Gasteiger partial charge in [0.05, 0.1) is 12.9 Å². The fourth-order valence-electron chi connectivity index (χ4n) is 3.82. The number of alkyl carbamates (subject to hydrolysis) is 1. The van der Waals surface area contributed by atoms with Gasteiger partial charge in [-0.2, -0.15) is 0 Å². The zero-order valence-electron chi connectivity index (χ0n) is 22.3. The molecule has 0 radical (unpaired) electrons. The van der Waals surface area contributed by atoms with Crippen LogP contribution in [0.2, 0.25) is 0 Å². The van der Waals surface area contributed by atoms with Gasteiger partial charge in [-0.05, 0) is 23.3 Å². The van der Waals surface area contributed by atoms with E-state index in [4.69, 9.17) is 4.74 Å². The summed E-state index contributed by atoms with van der Waals surface area (Å²) in [6.45, 7) is -0.450. The lowest BCUT2D eigenvalue weighted by molar-refractivity contribution is -0.128. The zero-order valence-corrected chi connectivity index (χ0v) is 23.1. The van der Waals surface area contributed by atoms with E-state index in [1.165, 1.54) is 42.2 Å². The highest BCUT2D eigenvalue weighted by atomic mass is 32.1. The molecule has 2 heterocycles. The molecule has 0 unspecified atom stereocenters. The predicted octanol–water partition coefficient (Wildman–Crippen LogP) is 1.89. The number of nitrogens with one attached hydrogen (secondary N) is 5. The van der Waals surface area contributed by atoms with Crippen LogP contribution < -0.4 is 21.3 Å². The van der Waals surface area contributed by atoms with E-state index in [2.05, 4.69) is 36.2 Å². The number of phenols is 1. The van der Waals surface area contributed by atoms with Gasteiger partial charge in [-0.15, -0.1) is 11.3 Å². The number of thiazole rings is 1. The second kappa shape index (κ2) is 14.9. The van der Waals surface area contributed by atoms with Crippen molar-refractivity contribution in [3.05, 3.63) is 95.5 Å². The van der Waals surface area contributed by atoms with E-state index in [1.54, 1.807) is 29.6 Å². The van der Waals surface area contributed by atoms with Crippen LogP contribution in [0.5, 0.6) is 5.75 Å². The number of hydrogen-bond donors (Lipinski definition) is 6. The first-order valence-electron chi connectivity index (χ1n) is 12.9. The number of hydrogen-bond acceptors (Lipinski definition) is 9. The Balaban J connectivity index is 1.35. The smallest absolute Gasteiger partial charge is 0.408 e. The molecule has 0 saturated heterocycles. The number of benzene rings is 2. The molecular formula is C28H29N7O6S. The molecule has 2 aromatic heterocycles. The molecule has 6 N–H and O–H groups in total. The summed E-state index contributed by atoms with van der Waals surface area (Å²) in [7, 11) is 0. The third kappa shape index (κ3) is 9.45. The van der Waals surface area contributed by atoms with Crippen molar-refractivity contribution in [1.82, 2.24) is 30.9 Å². The second-order valence-electron chi connectivity index (χ2n) is 9.07. The van der Waals surface area contributed by atoms with Gasteiger partial charge in [0.2, 0.25) is 17.7 Å². The summed E-state index contributed by atoms with van der Waals surface area (Å²) in [6, 6.07) is 13.2. The van der Waals surface area contributed by atoms with Gasteiger partial charge in [-0.25, -0.2) is 14.8 Å². The molecule has 0 bridgehead atoms. The minimum atomic E-state index is -1.08. The first-order valence-corrected chi connectivity index (χ1v) is 13.7. The van der Waals surface area contributed by atoms with Crippen LogP contribution in [0.15, 0.2) is 78.7 Å². The normalized spacial score (nSPS) is 12.0. The highest BCUT2D eigenvalue weighted by Gasteiger charge is 2.25. The highest BCUT2D eigenvalue weighted by molar-refractivity contribution is 7.13. The van der Waals surface area contributed by atoms with Gasteiger partial charge >= 0.3 is 6.09 Å². The lowest BCUT2D eigenvalue weighted by Gasteiger charge is -2.20. The molecule has 0 spiro atoms. The number of amides is 4. The number of ether oxygens (including phenoxy) is 1. The number of carbonyl (C=O) groups excluding carboxylic acids is 4. The van der Waals surface area contributed by atoms with Crippen LogP contribution in [0.25, 0.3) is 0 Å². The molecule has 218 valence electrons. The zero-order chi connectivity index (χ0) is 29.7. The van der Waals surface area contributed by atoms with E-state index in [0.29, 0.717) is 16.4 Å². The Bertz CT molecular complexity index is 1450. The maximum Gasteiger partial charge on any atom is 0.408 e. The number of imidazole rings is 1. The summed E-state index contributed by atoms with van der Waals surface area (Å²) in [6.07, 6.45) is 3.86. The van der Waals surface area contributed by atoms with Crippen molar-refractivity contribution in [2.45, 2.75) is 31.5 Å². The number of rotatable bonds is 13. The summed E-state index contributed by atoms with van der Waals surface area (Å²) in [4.78, 5) is 62.1. The van der Waals surface area contributed by atoms with Gasteiger partial charge in [0.1, 0.15) is 24.4 Å². The molecule has 2 aromatic carbocycles. The standard InChI is InChI=1S/C28H29N7O6S/c36-21-8-6-18(7-9-21)12-22(26(39)35-27-30-10-11-42-27)33-24(37)15-31-25(38)23(13-20-14-29-17-32-20)34-28(40)41-16-19-4-2-1-3-5-19/h1-11,14,17,22-23,36H,12-13,15-16H2,(H,29,32)(H,31,38)(H,33,37)(H,34,40)(H,30,35,39)/t22-,23-/m0/s1. The molecule has 4 aromatic rings. The molecule has 4 rings (SSSR count). The molecule has 2 atom stereocenters. The molecule has 42 heavy (non-hydrogen) atoms. The Hall–Kier alpha value is -5.24. The average molecular weight is 592 g/mol. The topological polar surface area (TPSA) is 187 Å². The van der Waals surface area contributed by atoms with Crippen LogP contribution in [0, 0.1) is 0 Å². The number of aromatic amines is 1. The fraction of sp³-hybridized carbons (Fsp3) is 0.214. The van der Waals surface area contributed by atoms with Crippen molar-refractivity contribution in [2.75, 3.05) is 11.9 Å². The third-order valence-electron chi connectivity index (χ3n) is 5.91. The van der Waals surface area contributed by atoms with E-state index in [1.807, 2.05) is 18.2 Å². The number of H-pyrrole nitrogens is 1. The quantitative estimate of drug-likeness (QED) is 0.136. The number of nitrogens with zero attached hydrogens (tertiary/aromatic N) is 2. The molecule has 0 fully saturated rings. The number of anilines is 1. The van der Waals surface area contributed by atoms with Crippen molar-refractivity contribution < 1.29 is 29.0 Å². The minimum Gasteiger partial charge on any atom is -0.508 e. The van der Waals surface area contributed by atoms with Crippen molar-refractivity contribution in [1.29, 1.82) is 0 Å². The van der Waals surface area contributed by atoms with Crippen LogP contribution >= 0.6 is 11.3 Å². The predicted molar refractivity (Wildman–Crippen MR) is 153 cm³/mol. The summed E-state index contributed by atoms with van der Waals surface area (Å²) < 4.78 is 5.24. The molecule has 0 aliphatic carbocycles. The molecule has 14 heteroatoms. The maximum absolute atomic E-state index is 13.0. The number of aromatic hydroxyl groups is 1. The Kier molecular flexibility index (Phi) is 10.6. The van der Waals surface area contributed by atoms with Crippen LogP contribution in [-0.4, -0.2) is 62.5 Å². The van der Waals surface area contributed by atoms with Crippen molar-refractivity contribution in [2.24, 2.45) is 0 Å². The van der Waals surface area contributed by atoms with E-state index in [9.17, 15) is 24.3 Å². The molecule has 0 aliphatic rings. The van der Waals surface area contributed by atoms with Gasteiger partial charge in [0.25, 0.3) is 0 Å². The highest BCUT2D eigenvalue weighted by Crippen LogP contribution is 2.14. The van der Waals surface area contributed by atoms with E-state index in [0.717, 1.165) is 5.56 Å². The van der Waals surface area contributed by atoms with Gasteiger partial charge < -0.3 is 36.1 Å².